The lowest BCUT2D eigenvalue weighted by molar-refractivity contribution is 0.291. The van der Waals surface area contributed by atoms with Gasteiger partial charge in [-0.05, 0) is 36.6 Å². The van der Waals surface area contributed by atoms with Crippen molar-refractivity contribution >= 4 is 32.7 Å². The molecule has 0 aliphatic heterocycles. The zero-order valence-corrected chi connectivity index (χ0v) is 18.4. The number of sulfonamides is 1. The van der Waals surface area contributed by atoms with Crippen LogP contribution in [-0.4, -0.2) is 23.1 Å². The van der Waals surface area contributed by atoms with E-state index >= 15 is 0 Å². The van der Waals surface area contributed by atoms with Crippen LogP contribution in [0.5, 0.6) is 0 Å². The Morgan fingerprint density at radius 3 is 2.75 bits per heavy atom. The van der Waals surface area contributed by atoms with Crippen LogP contribution in [0.2, 0.25) is 5.02 Å². The summed E-state index contributed by atoms with van der Waals surface area (Å²) >= 11 is 6.09. The van der Waals surface area contributed by atoms with E-state index in [-0.39, 0.29) is 23.6 Å². The number of halogens is 1. The van der Waals surface area contributed by atoms with Crippen molar-refractivity contribution in [1.29, 1.82) is 0 Å². The van der Waals surface area contributed by atoms with Crippen LogP contribution in [0.3, 0.4) is 0 Å². The van der Waals surface area contributed by atoms with Crippen LogP contribution in [0.4, 0.5) is 0 Å². The van der Waals surface area contributed by atoms with Crippen molar-refractivity contribution in [3.05, 3.63) is 75.3 Å². The quantitative estimate of drug-likeness (QED) is 0.435. The Bertz CT molecular complexity index is 1450. The van der Waals surface area contributed by atoms with Gasteiger partial charge in [0.25, 0.3) is 0 Å². The van der Waals surface area contributed by atoms with Gasteiger partial charge in [0.15, 0.2) is 11.4 Å². The summed E-state index contributed by atoms with van der Waals surface area (Å²) < 4.78 is 39.9. The van der Waals surface area contributed by atoms with E-state index in [1.165, 1.54) is 22.8 Å². The molecule has 4 aromatic rings. The predicted octanol–water partition coefficient (Wildman–Crippen LogP) is 3.43. The number of hydrogen-bond donors (Lipinski definition) is 1. The monoisotopic (exact) mass is 474 g/mol. The molecule has 1 fully saturated rings. The maximum Gasteiger partial charge on any atom is 0.420 e. The molecule has 1 aliphatic rings. The summed E-state index contributed by atoms with van der Waals surface area (Å²) in [4.78, 5) is 16.7. The molecule has 1 saturated carbocycles. The summed E-state index contributed by atoms with van der Waals surface area (Å²) in [6.45, 7) is 0.102. The smallest absolute Gasteiger partial charge is 0.408 e. The third-order valence-electron chi connectivity index (χ3n) is 5.60. The van der Waals surface area contributed by atoms with Gasteiger partial charge < -0.3 is 8.94 Å². The molecule has 9 nitrogen and oxygen atoms in total. The normalized spacial score (nSPS) is 14.7. The lowest BCUT2D eigenvalue weighted by atomic mass is 9.85. The van der Waals surface area contributed by atoms with Crippen molar-refractivity contribution in [2.75, 3.05) is 0 Å². The highest BCUT2D eigenvalue weighted by molar-refractivity contribution is 7.89. The summed E-state index contributed by atoms with van der Waals surface area (Å²) in [6.07, 6.45) is 3.20. The fourth-order valence-corrected chi connectivity index (χ4v) is 4.78. The summed E-state index contributed by atoms with van der Waals surface area (Å²) in [5.74, 6) is 0.619. The van der Waals surface area contributed by atoms with E-state index in [0.29, 0.717) is 33.7 Å². The maximum absolute atomic E-state index is 12.7. The zero-order chi connectivity index (χ0) is 22.3. The molecule has 166 valence electrons. The van der Waals surface area contributed by atoms with E-state index in [2.05, 4.69) is 14.9 Å². The molecule has 2 aromatic heterocycles. The van der Waals surface area contributed by atoms with Gasteiger partial charge in [0.1, 0.15) is 0 Å². The highest BCUT2D eigenvalue weighted by Gasteiger charge is 2.26. The number of rotatable bonds is 7. The third kappa shape index (κ3) is 3.96. The van der Waals surface area contributed by atoms with Crippen LogP contribution in [0.25, 0.3) is 11.1 Å². The Morgan fingerprint density at radius 1 is 1.19 bits per heavy atom. The second-order valence-electron chi connectivity index (χ2n) is 7.68. The van der Waals surface area contributed by atoms with Crippen molar-refractivity contribution in [2.24, 2.45) is 0 Å². The summed E-state index contributed by atoms with van der Waals surface area (Å²) in [6, 6.07) is 11.2. The number of nitrogens with one attached hydrogen (secondary N) is 1. The van der Waals surface area contributed by atoms with Crippen LogP contribution >= 0.6 is 11.6 Å². The first-order chi connectivity index (χ1) is 15.4. The van der Waals surface area contributed by atoms with Gasteiger partial charge in [0.2, 0.25) is 15.9 Å². The first kappa shape index (κ1) is 20.9. The molecule has 2 aromatic carbocycles. The molecule has 11 heteroatoms. The molecule has 0 spiro atoms. The van der Waals surface area contributed by atoms with Crippen molar-refractivity contribution in [2.45, 2.75) is 43.2 Å². The van der Waals surface area contributed by atoms with E-state index in [9.17, 15) is 13.2 Å². The van der Waals surface area contributed by atoms with Crippen molar-refractivity contribution < 1.29 is 17.4 Å². The summed E-state index contributed by atoms with van der Waals surface area (Å²) in [7, 11) is -3.85. The second-order valence-corrected chi connectivity index (χ2v) is 9.85. The summed E-state index contributed by atoms with van der Waals surface area (Å²) in [5.41, 5.74) is 1.24. The molecule has 0 saturated heterocycles. The Hall–Kier alpha value is -2.95. The van der Waals surface area contributed by atoms with Crippen LogP contribution in [0, 0.1) is 0 Å². The van der Waals surface area contributed by atoms with E-state index in [1.807, 2.05) is 0 Å². The summed E-state index contributed by atoms with van der Waals surface area (Å²) in [5, 5.41) is 4.42. The minimum Gasteiger partial charge on any atom is -0.408 e. The van der Waals surface area contributed by atoms with Crippen molar-refractivity contribution in [3.63, 3.8) is 0 Å². The van der Waals surface area contributed by atoms with Crippen LogP contribution in [0.15, 0.2) is 61.1 Å². The number of fused-ring (bicyclic) bond motifs is 1. The molecule has 1 aliphatic carbocycles. The molecule has 5 rings (SSSR count). The van der Waals surface area contributed by atoms with Gasteiger partial charge in [-0.15, -0.1) is 0 Å². The molecule has 1 N–H and O–H groups in total. The van der Waals surface area contributed by atoms with E-state index < -0.39 is 15.8 Å². The van der Waals surface area contributed by atoms with Gasteiger partial charge in [-0.3, -0.25) is 4.57 Å². The van der Waals surface area contributed by atoms with Gasteiger partial charge in [-0.2, -0.15) is 4.98 Å². The lowest BCUT2D eigenvalue weighted by Gasteiger charge is -2.20. The Labute approximate surface area is 188 Å². The third-order valence-corrected chi connectivity index (χ3v) is 7.37. The van der Waals surface area contributed by atoms with Gasteiger partial charge in [0.05, 0.1) is 17.0 Å². The van der Waals surface area contributed by atoms with E-state index in [1.54, 1.807) is 24.3 Å². The number of hydrogen-bond acceptors (Lipinski definition) is 7. The van der Waals surface area contributed by atoms with Crippen molar-refractivity contribution in [1.82, 2.24) is 19.4 Å². The standard InChI is InChI=1S/C21H19ClN4O5S/c22-16-7-2-1-4-14(16)11-23-32(28,29)15-8-9-17-18(10-15)30-21(27)26(17)12-19-24-20(31-25-19)13-5-3-6-13/h1-2,4,7-10,13,23H,3,5-6,11-12H2. The molecule has 0 amide bonds. The van der Waals surface area contributed by atoms with Gasteiger partial charge in [-0.1, -0.05) is 41.4 Å². The molecule has 32 heavy (non-hydrogen) atoms. The zero-order valence-electron chi connectivity index (χ0n) is 16.8. The fourth-order valence-electron chi connectivity index (χ4n) is 3.56. The maximum atomic E-state index is 12.7. The molecule has 0 radical (unpaired) electrons. The molecule has 2 heterocycles. The molecular weight excluding hydrogens is 456 g/mol. The van der Waals surface area contributed by atoms with Crippen molar-refractivity contribution in [3.8, 4) is 0 Å². The highest BCUT2D eigenvalue weighted by Crippen LogP contribution is 2.35. The van der Waals surface area contributed by atoms with E-state index in [4.69, 9.17) is 20.5 Å². The number of benzene rings is 2. The van der Waals surface area contributed by atoms with Gasteiger partial charge in [0, 0.05) is 23.6 Å². The van der Waals surface area contributed by atoms with Gasteiger partial charge >= 0.3 is 5.76 Å². The minimum atomic E-state index is -3.85. The molecule has 0 bridgehead atoms. The molecule has 0 atom stereocenters. The fraction of sp³-hybridized carbons (Fsp3) is 0.286. The van der Waals surface area contributed by atoms with E-state index in [0.717, 1.165) is 19.3 Å². The predicted molar refractivity (Wildman–Crippen MR) is 116 cm³/mol. The van der Waals surface area contributed by atoms with Gasteiger partial charge in [-0.25, -0.2) is 17.9 Å². The Balaban J connectivity index is 1.38. The first-order valence-corrected chi connectivity index (χ1v) is 12.0. The number of aromatic nitrogens is 3. The van der Waals surface area contributed by atoms with Crippen LogP contribution in [0.1, 0.15) is 42.5 Å². The highest BCUT2D eigenvalue weighted by atomic mass is 35.5. The largest absolute Gasteiger partial charge is 0.420 e. The lowest BCUT2D eigenvalue weighted by Crippen LogP contribution is -2.23. The topological polar surface area (TPSA) is 120 Å². The first-order valence-electron chi connectivity index (χ1n) is 10.1. The average molecular weight is 475 g/mol. The number of oxazole rings is 1. The minimum absolute atomic E-state index is 0.0233. The Morgan fingerprint density at radius 2 is 2.00 bits per heavy atom. The van der Waals surface area contributed by atoms with Crippen LogP contribution < -0.4 is 10.5 Å². The molecular formula is C21H19ClN4O5S. The SMILES string of the molecule is O=c1oc2cc(S(=O)(=O)NCc3ccccc3Cl)ccc2n1Cc1noc(C2CCC2)n1. The average Bonchev–Trinajstić information content (AvgIpc) is 3.30. The second kappa shape index (κ2) is 8.19. The Kier molecular flexibility index (Phi) is 5.36. The number of nitrogens with zero attached hydrogens (tertiary/aromatic N) is 3. The van der Waals surface area contributed by atoms with Crippen LogP contribution in [-0.2, 0) is 23.1 Å². The molecule has 0 unspecified atom stereocenters.